The lowest BCUT2D eigenvalue weighted by molar-refractivity contribution is -0.385. The monoisotopic (exact) mass is 323 g/mol. The molecule has 0 spiro atoms. The van der Waals surface area contributed by atoms with Crippen molar-refractivity contribution >= 4 is 5.69 Å². The van der Waals surface area contributed by atoms with E-state index in [0.717, 1.165) is 12.1 Å². The van der Waals surface area contributed by atoms with Gasteiger partial charge in [0.2, 0.25) is 5.75 Å². The standard InChI is InChI=1S/C15H9N5O4/c16-7-8-2-1-3-9(4-8)14-17-15(19-18-14)10-5-11(20(23)24)13(22)12(21)6-10/h1-6,21-22H,(H,17,18,19). The molecular weight excluding hydrogens is 314 g/mol. The minimum Gasteiger partial charge on any atom is -0.504 e. The van der Waals surface area contributed by atoms with Crippen molar-refractivity contribution in [1.29, 1.82) is 5.26 Å². The fourth-order valence-corrected chi connectivity index (χ4v) is 2.13. The largest absolute Gasteiger partial charge is 0.504 e. The number of rotatable bonds is 3. The molecule has 0 atom stereocenters. The summed E-state index contributed by atoms with van der Waals surface area (Å²) >= 11 is 0. The average Bonchev–Trinajstić information content (AvgIpc) is 3.07. The van der Waals surface area contributed by atoms with Gasteiger partial charge in [-0.1, -0.05) is 12.1 Å². The van der Waals surface area contributed by atoms with Crippen LogP contribution in [0.2, 0.25) is 0 Å². The molecule has 0 unspecified atom stereocenters. The number of phenols is 2. The number of nitro groups is 1. The number of hydrogen-bond donors (Lipinski definition) is 3. The lowest BCUT2D eigenvalue weighted by Gasteiger charge is -2.01. The lowest BCUT2D eigenvalue weighted by Crippen LogP contribution is -1.91. The van der Waals surface area contributed by atoms with E-state index in [4.69, 9.17) is 5.26 Å². The zero-order valence-electron chi connectivity index (χ0n) is 12.0. The second-order valence-corrected chi connectivity index (χ2v) is 4.82. The summed E-state index contributed by atoms with van der Waals surface area (Å²) in [5.74, 6) is -0.999. The summed E-state index contributed by atoms with van der Waals surface area (Å²) in [4.78, 5) is 14.3. The minimum atomic E-state index is -0.818. The third-order valence-electron chi connectivity index (χ3n) is 3.28. The average molecular weight is 323 g/mol. The van der Waals surface area contributed by atoms with E-state index in [1.807, 2.05) is 6.07 Å². The maximum Gasteiger partial charge on any atom is 0.315 e. The highest BCUT2D eigenvalue weighted by Crippen LogP contribution is 2.38. The van der Waals surface area contributed by atoms with Crippen LogP contribution in [-0.4, -0.2) is 30.3 Å². The van der Waals surface area contributed by atoms with Crippen LogP contribution in [0.5, 0.6) is 11.5 Å². The molecule has 3 aromatic rings. The van der Waals surface area contributed by atoms with Gasteiger partial charge in [0.1, 0.15) is 0 Å². The number of nitro benzene ring substituents is 1. The Morgan fingerprint density at radius 1 is 1.21 bits per heavy atom. The molecule has 118 valence electrons. The number of H-pyrrole nitrogens is 1. The number of nitriles is 1. The van der Waals surface area contributed by atoms with Gasteiger partial charge >= 0.3 is 5.69 Å². The third kappa shape index (κ3) is 2.59. The third-order valence-corrected chi connectivity index (χ3v) is 3.28. The van der Waals surface area contributed by atoms with E-state index in [0.29, 0.717) is 17.0 Å². The molecule has 0 aliphatic rings. The maximum atomic E-state index is 10.9. The summed E-state index contributed by atoms with van der Waals surface area (Å²) in [6.07, 6.45) is 0. The lowest BCUT2D eigenvalue weighted by atomic mass is 10.1. The molecule has 24 heavy (non-hydrogen) atoms. The highest BCUT2D eigenvalue weighted by atomic mass is 16.6. The Kier molecular flexibility index (Phi) is 3.55. The fourth-order valence-electron chi connectivity index (χ4n) is 2.13. The number of aromatic nitrogens is 3. The first-order valence-electron chi connectivity index (χ1n) is 6.63. The van der Waals surface area contributed by atoms with Crippen LogP contribution in [0.15, 0.2) is 36.4 Å². The number of aromatic amines is 1. The van der Waals surface area contributed by atoms with Crippen molar-refractivity contribution in [1.82, 2.24) is 15.2 Å². The first kappa shape index (κ1) is 15.0. The topological polar surface area (TPSA) is 149 Å². The molecule has 0 aliphatic heterocycles. The number of hydrogen-bond acceptors (Lipinski definition) is 7. The van der Waals surface area contributed by atoms with E-state index < -0.39 is 22.1 Å². The van der Waals surface area contributed by atoms with Crippen LogP contribution < -0.4 is 0 Å². The van der Waals surface area contributed by atoms with Gasteiger partial charge in [-0.3, -0.25) is 15.2 Å². The molecule has 2 aromatic carbocycles. The van der Waals surface area contributed by atoms with Gasteiger partial charge < -0.3 is 10.2 Å². The summed E-state index contributed by atoms with van der Waals surface area (Å²) in [5.41, 5.74) is 0.576. The van der Waals surface area contributed by atoms with Gasteiger partial charge in [-0.15, -0.1) is 0 Å². The molecule has 0 radical (unpaired) electrons. The Morgan fingerprint density at radius 3 is 2.71 bits per heavy atom. The number of nitrogens with zero attached hydrogens (tertiary/aromatic N) is 4. The van der Waals surface area contributed by atoms with Gasteiger partial charge in [0, 0.05) is 17.2 Å². The van der Waals surface area contributed by atoms with Gasteiger partial charge in [0.05, 0.1) is 16.6 Å². The number of benzene rings is 2. The van der Waals surface area contributed by atoms with Crippen LogP contribution in [0.25, 0.3) is 22.8 Å². The molecule has 9 heteroatoms. The van der Waals surface area contributed by atoms with Crippen molar-refractivity contribution in [2.75, 3.05) is 0 Å². The van der Waals surface area contributed by atoms with Gasteiger partial charge in [-0.05, 0) is 18.2 Å². The molecule has 0 bridgehead atoms. The van der Waals surface area contributed by atoms with E-state index in [9.17, 15) is 20.3 Å². The fraction of sp³-hybridized carbons (Fsp3) is 0. The Bertz CT molecular complexity index is 990. The predicted octanol–water partition coefficient (Wildman–Crippen LogP) is 2.33. The summed E-state index contributed by atoms with van der Waals surface area (Å²) < 4.78 is 0. The van der Waals surface area contributed by atoms with Crippen LogP contribution >= 0.6 is 0 Å². The summed E-state index contributed by atoms with van der Waals surface area (Å²) in [5, 5.41) is 45.6. The van der Waals surface area contributed by atoms with Gasteiger partial charge in [0.25, 0.3) is 0 Å². The van der Waals surface area contributed by atoms with Gasteiger partial charge in [0.15, 0.2) is 17.4 Å². The summed E-state index contributed by atoms with van der Waals surface area (Å²) in [7, 11) is 0. The van der Waals surface area contributed by atoms with Gasteiger partial charge in [-0.25, -0.2) is 4.98 Å². The Morgan fingerprint density at radius 2 is 2.00 bits per heavy atom. The van der Waals surface area contributed by atoms with Crippen molar-refractivity contribution in [3.63, 3.8) is 0 Å². The second kappa shape index (κ2) is 5.69. The zero-order chi connectivity index (χ0) is 17.3. The van der Waals surface area contributed by atoms with Crippen LogP contribution in [0.3, 0.4) is 0 Å². The van der Waals surface area contributed by atoms with E-state index in [1.54, 1.807) is 24.3 Å². The quantitative estimate of drug-likeness (QED) is 0.380. The second-order valence-electron chi connectivity index (χ2n) is 4.82. The van der Waals surface area contributed by atoms with Crippen molar-refractivity contribution in [2.45, 2.75) is 0 Å². The van der Waals surface area contributed by atoms with E-state index in [2.05, 4.69) is 15.2 Å². The highest BCUT2D eigenvalue weighted by molar-refractivity contribution is 5.69. The number of nitrogens with one attached hydrogen (secondary N) is 1. The zero-order valence-corrected chi connectivity index (χ0v) is 12.0. The van der Waals surface area contributed by atoms with E-state index >= 15 is 0 Å². The molecule has 0 amide bonds. The van der Waals surface area contributed by atoms with Gasteiger partial charge in [-0.2, -0.15) is 10.4 Å². The normalized spacial score (nSPS) is 10.3. The Labute approximate surface area is 134 Å². The van der Waals surface area contributed by atoms with Crippen LogP contribution in [0.4, 0.5) is 5.69 Å². The van der Waals surface area contributed by atoms with Crippen molar-refractivity contribution in [3.8, 4) is 40.3 Å². The number of phenolic OH excluding ortho intramolecular Hbond substituents is 2. The van der Waals surface area contributed by atoms with E-state index in [1.165, 1.54) is 0 Å². The van der Waals surface area contributed by atoms with Crippen molar-refractivity contribution in [2.24, 2.45) is 0 Å². The minimum absolute atomic E-state index is 0.103. The van der Waals surface area contributed by atoms with E-state index in [-0.39, 0.29) is 11.4 Å². The molecule has 3 rings (SSSR count). The van der Waals surface area contributed by atoms with Crippen molar-refractivity contribution < 1.29 is 15.1 Å². The highest BCUT2D eigenvalue weighted by Gasteiger charge is 2.21. The SMILES string of the molecule is N#Cc1cccc(-c2nc(-c3cc(O)c(O)c([N+](=O)[O-])c3)n[nH]2)c1. The smallest absolute Gasteiger partial charge is 0.315 e. The van der Waals surface area contributed by atoms with Crippen molar-refractivity contribution in [3.05, 3.63) is 52.1 Å². The molecule has 0 aliphatic carbocycles. The molecule has 0 fully saturated rings. The Hall–Kier alpha value is -3.93. The number of aromatic hydroxyl groups is 2. The molecule has 0 saturated heterocycles. The molecular formula is C15H9N5O4. The Balaban J connectivity index is 2.05. The van der Waals surface area contributed by atoms with Crippen LogP contribution in [-0.2, 0) is 0 Å². The van der Waals surface area contributed by atoms with Crippen LogP contribution in [0.1, 0.15) is 5.56 Å². The molecule has 9 nitrogen and oxygen atoms in total. The first-order valence-corrected chi connectivity index (χ1v) is 6.63. The predicted molar refractivity (Wildman–Crippen MR) is 82.0 cm³/mol. The molecule has 1 aromatic heterocycles. The first-order chi connectivity index (χ1) is 11.5. The summed E-state index contributed by atoms with van der Waals surface area (Å²) in [6.45, 7) is 0. The maximum absolute atomic E-state index is 10.9. The summed E-state index contributed by atoms with van der Waals surface area (Å²) in [6, 6.07) is 10.9. The van der Waals surface area contributed by atoms with Crippen LogP contribution in [0, 0.1) is 21.4 Å². The molecule has 1 heterocycles. The molecule has 3 N–H and O–H groups in total. The molecule has 0 saturated carbocycles.